The van der Waals surface area contributed by atoms with Crippen LogP contribution in [-0.2, 0) is 35.1 Å². The van der Waals surface area contributed by atoms with Crippen molar-refractivity contribution >= 4 is 34.8 Å². The van der Waals surface area contributed by atoms with Crippen molar-refractivity contribution in [3.05, 3.63) is 50.7 Å². The molecule has 56 heavy (non-hydrogen) atoms. The Morgan fingerprint density at radius 1 is 1.05 bits per heavy atom. The molecule has 6 rings (SSSR count). The van der Waals surface area contributed by atoms with Crippen LogP contribution in [0, 0.1) is 46.3 Å². The first-order chi connectivity index (χ1) is 26.7. The van der Waals surface area contributed by atoms with Crippen molar-refractivity contribution in [1.29, 1.82) is 0 Å². The molecule has 304 valence electrons. The van der Waals surface area contributed by atoms with Crippen molar-refractivity contribution < 1.29 is 42.9 Å². The van der Waals surface area contributed by atoms with Gasteiger partial charge in [0.1, 0.15) is 23.5 Å². The summed E-state index contributed by atoms with van der Waals surface area (Å²) in [6, 6.07) is 4.74. The van der Waals surface area contributed by atoms with E-state index in [1.165, 1.54) is 38.9 Å². The van der Waals surface area contributed by atoms with Gasteiger partial charge in [-0.2, -0.15) is 0 Å². The van der Waals surface area contributed by atoms with Crippen molar-refractivity contribution in [2.75, 3.05) is 20.3 Å². The van der Waals surface area contributed by atoms with Gasteiger partial charge in [-0.3, -0.25) is 14.4 Å². The molecule has 10 atom stereocenters. The van der Waals surface area contributed by atoms with Gasteiger partial charge in [0.2, 0.25) is 5.91 Å². The molecule has 14 nitrogen and oxygen atoms in total. The Kier molecular flexibility index (Phi) is 12.7. The third-order valence-corrected chi connectivity index (χ3v) is 14.4. The summed E-state index contributed by atoms with van der Waals surface area (Å²) in [6.07, 6.45) is 9.15. The largest absolute Gasteiger partial charge is 0.497 e. The molecule has 1 amide bonds. The first-order valence-corrected chi connectivity index (χ1v) is 20.2. The molecule has 4 aliphatic rings. The van der Waals surface area contributed by atoms with Crippen molar-refractivity contribution in [2.45, 2.75) is 116 Å². The molecule has 0 spiro atoms. The number of aliphatic carboxylic acids is 1. The van der Waals surface area contributed by atoms with Crippen LogP contribution in [0.3, 0.4) is 0 Å². The summed E-state index contributed by atoms with van der Waals surface area (Å²) in [7, 11) is 1.49. The van der Waals surface area contributed by atoms with Crippen molar-refractivity contribution in [2.24, 2.45) is 51.5 Å². The number of ether oxygens (including phenoxy) is 3. The van der Waals surface area contributed by atoms with Gasteiger partial charge >= 0.3 is 23.5 Å². The van der Waals surface area contributed by atoms with E-state index in [0.717, 1.165) is 32.1 Å². The van der Waals surface area contributed by atoms with Gasteiger partial charge in [0.05, 0.1) is 33.1 Å². The first-order valence-electron chi connectivity index (χ1n) is 20.2. The number of esters is 2. The molecule has 2 N–H and O–H groups in total. The van der Waals surface area contributed by atoms with E-state index in [9.17, 15) is 29.1 Å². The van der Waals surface area contributed by atoms with Gasteiger partial charge in [-0.25, -0.2) is 9.59 Å². The summed E-state index contributed by atoms with van der Waals surface area (Å²) in [5.74, 6) is 0.847. The quantitative estimate of drug-likeness (QED) is 0.0466. The number of carboxylic acid groups (broad SMARTS) is 1. The number of carbonyl (C=O) groups is 4. The zero-order valence-electron chi connectivity index (χ0n) is 33.0. The SMILES string of the molecule is COc1ccc2c(CC(=O)N[C@@H](CC(=O)O)C(=O)O[C@@H]3CC[C@@]4(C)[C@H](CC[C@@H]5[C@@H]4CC[C@]4(C)[C@@H]([C@H](C)CCC(=O)OCCN=[N+]=[N-])CC[C@@H]54)C3)cc(=O)oc2c1. The number of fused-ring (bicyclic) bond motifs is 6. The number of azide groups is 1. The van der Waals surface area contributed by atoms with Crippen LogP contribution in [0.4, 0.5) is 0 Å². The first kappa shape index (κ1) is 41.1. The van der Waals surface area contributed by atoms with Crippen LogP contribution in [0.2, 0.25) is 0 Å². The van der Waals surface area contributed by atoms with Gasteiger partial charge < -0.3 is 29.1 Å². The summed E-state index contributed by atoms with van der Waals surface area (Å²) >= 11 is 0. The Balaban J connectivity index is 1.04. The second-order valence-corrected chi connectivity index (χ2v) is 17.3. The fourth-order valence-electron chi connectivity index (χ4n) is 11.7. The highest BCUT2D eigenvalue weighted by atomic mass is 16.5. The molecule has 4 aliphatic carbocycles. The Bertz CT molecular complexity index is 1910. The van der Waals surface area contributed by atoms with Gasteiger partial charge in [-0.1, -0.05) is 25.9 Å². The van der Waals surface area contributed by atoms with E-state index in [1.54, 1.807) is 18.2 Å². The molecule has 14 heteroatoms. The second kappa shape index (κ2) is 17.3. The fourth-order valence-corrected chi connectivity index (χ4v) is 11.7. The molecule has 0 bridgehead atoms. The Morgan fingerprint density at radius 3 is 2.57 bits per heavy atom. The number of amides is 1. The lowest BCUT2D eigenvalue weighted by Crippen LogP contribution is -2.54. The lowest BCUT2D eigenvalue weighted by atomic mass is 9.44. The molecular weight excluding hydrogens is 720 g/mol. The van der Waals surface area contributed by atoms with Crippen molar-refractivity contribution in [3.8, 4) is 5.75 Å². The third kappa shape index (κ3) is 8.70. The number of nitrogens with zero attached hydrogens (tertiary/aromatic N) is 3. The minimum Gasteiger partial charge on any atom is -0.497 e. The predicted octanol–water partition coefficient (Wildman–Crippen LogP) is 7.14. The highest BCUT2D eigenvalue weighted by Gasteiger charge is 2.60. The molecule has 0 unspecified atom stereocenters. The summed E-state index contributed by atoms with van der Waals surface area (Å²) in [5, 5.41) is 16.1. The standard InChI is InChI=1S/C42H56N4O10/c1-24(5-12-38(50)54-18-17-44-46-43)31-10-11-32-30-8-6-26-21-28(13-15-41(26,2)33(30)14-16-42(31,32)3)55-40(52)34(23-37(48)49)45-36(47)19-25-20-39(51)56-35-22-27(53-4)7-9-29(25)35/h7,9,20,22,24,26,28,30-34H,5-6,8,10-19,21,23H2,1-4H3,(H,45,47)(H,48,49)/t24-,26-,28-,30+,31-,32+,33+,34+,41+,42-/m1/s1. The number of nitrogens with one attached hydrogen (secondary N) is 1. The van der Waals surface area contributed by atoms with Gasteiger partial charge in [0, 0.05) is 28.9 Å². The number of rotatable bonds is 15. The van der Waals surface area contributed by atoms with Crippen LogP contribution >= 0.6 is 0 Å². The van der Waals surface area contributed by atoms with E-state index >= 15 is 0 Å². The van der Waals surface area contributed by atoms with Gasteiger partial charge in [-0.15, -0.1) is 0 Å². The summed E-state index contributed by atoms with van der Waals surface area (Å²) in [4.78, 5) is 65.8. The average Bonchev–Trinajstić information content (AvgIpc) is 3.52. The van der Waals surface area contributed by atoms with E-state index in [-0.39, 0.29) is 48.1 Å². The zero-order chi connectivity index (χ0) is 40.2. The molecule has 0 aliphatic heterocycles. The summed E-state index contributed by atoms with van der Waals surface area (Å²) in [5.41, 5.74) is 8.76. The normalized spacial score (nSPS) is 30.4. The van der Waals surface area contributed by atoms with Crippen LogP contribution < -0.4 is 15.7 Å². The number of hydrogen-bond donors (Lipinski definition) is 2. The molecular formula is C42H56N4O10. The van der Waals surface area contributed by atoms with Crippen LogP contribution in [0.25, 0.3) is 21.4 Å². The van der Waals surface area contributed by atoms with Gasteiger partial charge in [0.25, 0.3) is 0 Å². The van der Waals surface area contributed by atoms with Crippen LogP contribution in [-0.4, -0.2) is 61.3 Å². The number of carboxylic acids is 1. The Hall–Kier alpha value is -4.58. The van der Waals surface area contributed by atoms with E-state index in [1.807, 2.05) is 0 Å². The van der Waals surface area contributed by atoms with Crippen LogP contribution in [0.5, 0.6) is 5.75 Å². The summed E-state index contributed by atoms with van der Waals surface area (Å²) in [6.45, 7) is 7.48. The third-order valence-electron chi connectivity index (χ3n) is 14.4. The summed E-state index contributed by atoms with van der Waals surface area (Å²) < 4.78 is 21.7. The maximum absolute atomic E-state index is 13.5. The topological polar surface area (TPSA) is 207 Å². The second-order valence-electron chi connectivity index (χ2n) is 17.3. The van der Waals surface area contributed by atoms with E-state index in [0.29, 0.717) is 65.0 Å². The lowest BCUT2D eigenvalue weighted by Gasteiger charge is -2.61. The molecule has 0 radical (unpaired) electrons. The zero-order valence-corrected chi connectivity index (χ0v) is 33.0. The monoisotopic (exact) mass is 776 g/mol. The number of benzene rings is 1. The Labute approximate surface area is 327 Å². The smallest absolute Gasteiger partial charge is 0.336 e. The molecule has 4 saturated carbocycles. The minimum absolute atomic E-state index is 0.115. The van der Waals surface area contributed by atoms with E-state index < -0.39 is 35.9 Å². The number of methoxy groups -OCH3 is 1. The molecule has 1 heterocycles. The maximum atomic E-state index is 13.5. The van der Waals surface area contributed by atoms with E-state index in [4.69, 9.17) is 24.2 Å². The van der Waals surface area contributed by atoms with Gasteiger partial charge in [0.15, 0.2) is 0 Å². The fraction of sp³-hybridized carbons (Fsp3) is 0.690. The highest BCUT2D eigenvalue weighted by molar-refractivity contribution is 5.91. The lowest BCUT2D eigenvalue weighted by molar-refractivity contribution is -0.167. The molecule has 0 saturated heterocycles. The van der Waals surface area contributed by atoms with Crippen LogP contribution in [0.1, 0.15) is 103 Å². The highest BCUT2D eigenvalue weighted by Crippen LogP contribution is 2.68. The average molecular weight is 777 g/mol. The number of hydrogen-bond acceptors (Lipinski definition) is 10. The molecule has 4 fully saturated rings. The van der Waals surface area contributed by atoms with E-state index in [2.05, 4.69) is 36.1 Å². The van der Waals surface area contributed by atoms with Gasteiger partial charge in [-0.05, 0) is 134 Å². The predicted molar refractivity (Wildman–Crippen MR) is 205 cm³/mol. The van der Waals surface area contributed by atoms with Crippen molar-refractivity contribution in [3.63, 3.8) is 0 Å². The molecule has 2 aromatic rings. The van der Waals surface area contributed by atoms with Crippen LogP contribution in [0.15, 0.2) is 38.6 Å². The molecule has 1 aromatic carbocycles. The Morgan fingerprint density at radius 2 is 1.82 bits per heavy atom. The number of carbonyl (C=O) groups excluding carboxylic acids is 3. The van der Waals surface area contributed by atoms with Crippen molar-refractivity contribution in [1.82, 2.24) is 5.32 Å². The maximum Gasteiger partial charge on any atom is 0.336 e. The molecule has 1 aromatic heterocycles. The minimum atomic E-state index is -1.38.